The Bertz CT molecular complexity index is 471. The van der Waals surface area contributed by atoms with Crippen molar-refractivity contribution < 1.29 is 18.0 Å². The lowest BCUT2D eigenvalue weighted by Crippen LogP contribution is -2.34. The molecule has 0 heterocycles. The first-order valence-corrected chi connectivity index (χ1v) is 7.05. The molecule has 1 aromatic rings. The van der Waals surface area contributed by atoms with E-state index in [-0.39, 0.29) is 16.7 Å². The van der Waals surface area contributed by atoms with Gasteiger partial charge in [-0.3, -0.25) is 4.79 Å². The van der Waals surface area contributed by atoms with E-state index in [1.807, 2.05) is 0 Å². The first kappa shape index (κ1) is 15.2. The van der Waals surface area contributed by atoms with Crippen molar-refractivity contribution in [2.24, 2.45) is 11.7 Å². The van der Waals surface area contributed by atoms with Crippen LogP contribution in [0.25, 0.3) is 0 Å². The number of benzene rings is 1. The topological polar surface area (TPSA) is 55.1 Å². The molecule has 1 atom stereocenters. The summed E-state index contributed by atoms with van der Waals surface area (Å²) in [7, 11) is 0. The summed E-state index contributed by atoms with van der Waals surface area (Å²) in [4.78, 5) is 11.5. The van der Waals surface area contributed by atoms with Crippen LogP contribution >= 0.6 is 11.8 Å². The molecule has 0 spiro atoms. The van der Waals surface area contributed by atoms with Crippen LogP contribution in [0.15, 0.2) is 29.2 Å². The third-order valence-electron chi connectivity index (χ3n) is 3.04. The Morgan fingerprint density at radius 3 is 2.40 bits per heavy atom. The molecule has 1 aromatic carbocycles. The molecule has 3 N–H and O–H groups in total. The molecule has 0 bridgehead atoms. The zero-order valence-corrected chi connectivity index (χ0v) is 11.4. The van der Waals surface area contributed by atoms with E-state index in [0.29, 0.717) is 18.0 Å². The highest BCUT2D eigenvalue weighted by Crippen LogP contribution is 2.37. The molecular weight excluding hydrogens is 289 g/mol. The van der Waals surface area contributed by atoms with Crippen LogP contribution in [0.5, 0.6) is 0 Å². The number of nitrogens with one attached hydrogen (secondary N) is 1. The van der Waals surface area contributed by atoms with Gasteiger partial charge in [0.1, 0.15) is 6.04 Å². The summed E-state index contributed by atoms with van der Waals surface area (Å²) in [5, 5.41) is 3.06. The number of rotatable bonds is 6. The van der Waals surface area contributed by atoms with Crippen molar-refractivity contribution in [1.82, 2.24) is 5.32 Å². The Kier molecular flexibility index (Phi) is 4.59. The molecule has 1 aliphatic rings. The van der Waals surface area contributed by atoms with E-state index >= 15 is 0 Å². The Labute approximate surface area is 119 Å². The zero-order valence-electron chi connectivity index (χ0n) is 10.6. The summed E-state index contributed by atoms with van der Waals surface area (Å²) in [6, 6.07) is 5.05. The first-order valence-electron chi connectivity index (χ1n) is 6.23. The minimum atomic E-state index is -4.31. The van der Waals surface area contributed by atoms with Gasteiger partial charge in [-0.05, 0) is 54.8 Å². The van der Waals surface area contributed by atoms with Crippen LogP contribution in [0, 0.1) is 5.92 Å². The summed E-state index contributed by atoms with van der Waals surface area (Å²) >= 11 is -0.179. The van der Waals surface area contributed by atoms with E-state index in [9.17, 15) is 18.0 Å². The predicted octanol–water partition coefficient (Wildman–Crippen LogP) is 2.82. The van der Waals surface area contributed by atoms with Gasteiger partial charge in [0.15, 0.2) is 0 Å². The van der Waals surface area contributed by atoms with Gasteiger partial charge >= 0.3 is 5.51 Å². The molecule has 2 rings (SSSR count). The third-order valence-corrected chi connectivity index (χ3v) is 3.78. The normalized spacial score (nSPS) is 16.9. The van der Waals surface area contributed by atoms with E-state index in [1.54, 1.807) is 0 Å². The molecule has 0 aliphatic heterocycles. The quantitative estimate of drug-likeness (QED) is 0.795. The fraction of sp³-hybridized carbons (Fsp3) is 0.462. The van der Waals surface area contributed by atoms with Crippen molar-refractivity contribution in [3.05, 3.63) is 29.8 Å². The molecule has 0 aromatic heterocycles. The van der Waals surface area contributed by atoms with Gasteiger partial charge in [0.2, 0.25) is 5.91 Å². The van der Waals surface area contributed by atoms with E-state index in [0.717, 1.165) is 12.8 Å². The minimum Gasteiger partial charge on any atom is -0.368 e. The summed E-state index contributed by atoms with van der Waals surface area (Å²) in [5.41, 5.74) is 1.61. The smallest absolute Gasteiger partial charge is 0.368 e. The van der Waals surface area contributed by atoms with Crippen molar-refractivity contribution in [2.75, 3.05) is 6.54 Å². The van der Waals surface area contributed by atoms with Gasteiger partial charge in [0.25, 0.3) is 0 Å². The van der Waals surface area contributed by atoms with Crippen LogP contribution in [0.2, 0.25) is 0 Å². The van der Waals surface area contributed by atoms with Gasteiger partial charge in [-0.2, -0.15) is 13.2 Å². The highest BCUT2D eigenvalue weighted by Gasteiger charge is 2.29. The summed E-state index contributed by atoms with van der Waals surface area (Å²) in [6.07, 6.45) is 2.28. The Morgan fingerprint density at radius 1 is 1.35 bits per heavy atom. The maximum atomic E-state index is 12.2. The third kappa shape index (κ3) is 4.72. The number of nitrogens with two attached hydrogens (primary N) is 1. The van der Waals surface area contributed by atoms with Crippen LogP contribution in [0.4, 0.5) is 13.2 Å². The molecular formula is C13H15F3N2OS. The second-order valence-electron chi connectivity index (χ2n) is 4.80. The van der Waals surface area contributed by atoms with Crippen LogP contribution in [-0.2, 0) is 4.79 Å². The lowest BCUT2D eigenvalue weighted by molar-refractivity contribution is -0.120. The van der Waals surface area contributed by atoms with Crippen LogP contribution in [0.1, 0.15) is 24.4 Å². The fourth-order valence-electron chi connectivity index (χ4n) is 1.85. The largest absolute Gasteiger partial charge is 0.446 e. The molecule has 7 heteroatoms. The summed E-state index contributed by atoms with van der Waals surface area (Å²) < 4.78 is 36.7. The maximum Gasteiger partial charge on any atom is 0.446 e. The molecule has 1 unspecified atom stereocenters. The average molecular weight is 304 g/mol. The van der Waals surface area contributed by atoms with E-state index in [4.69, 9.17) is 5.73 Å². The van der Waals surface area contributed by atoms with Gasteiger partial charge in [-0.25, -0.2) is 0 Å². The number of carbonyl (C=O) groups is 1. The average Bonchev–Trinajstić information content (AvgIpc) is 3.13. The molecule has 3 nitrogen and oxygen atoms in total. The molecule has 0 saturated heterocycles. The van der Waals surface area contributed by atoms with E-state index < -0.39 is 17.5 Å². The highest BCUT2D eigenvalue weighted by atomic mass is 32.2. The predicted molar refractivity (Wildman–Crippen MR) is 71.0 cm³/mol. The molecule has 1 fully saturated rings. The molecule has 20 heavy (non-hydrogen) atoms. The molecule has 0 radical (unpaired) electrons. The molecule has 1 aliphatic carbocycles. The molecule has 110 valence electrons. The Balaban J connectivity index is 2.02. The van der Waals surface area contributed by atoms with Gasteiger partial charge in [-0.15, -0.1) is 0 Å². The second-order valence-corrected chi connectivity index (χ2v) is 5.94. The van der Waals surface area contributed by atoms with Crippen molar-refractivity contribution in [2.45, 2.75) is 29.3 Å². The number of hydrogen-bond acceptors (Lipinski definition) is 3. The first-order chi connectivity index (χ1) is 9.35. The number of carbonyl (C=O) groups excluding carboxylic acids is 1. The zero-order chi connectivity index (χ0) is 14.8. The van der Waals surface area contributed by atoms with Crippen molar-refractivity contribution in [3.63, 3.8) is 0 Å². The van der Waals surface area contributed by atoms with Crippen molar-refractivity contribution in [3.8, 4) is 0 Å². The van der Waals surface area contributed by atoms with Crippen LogP contribution in [0.3, 0.4) is 0 Å². The minimum absolute atomic E-state index is 0.0895. The standard InChI is InChI=1S/C13H15F3N2OS/c14-13(15,16)20-10-5-3-9(4-6-10)11(12(17)19)18-7-8-1-2-8/h3-6,8,11,18H,1-2,7H2,(H2,17,19). The van der Waals surface area contributed by atoms with E-state index in [2.05, 4.69) is 5.32 Å². The maximum absolute atomic E-state index is 12.2. The van der Waals surface area contributed by atoms with Gasteiger partial charge < -0.3 is 11.1 Å². The summed E-state index contributed by atoms with van der Waals surface area (Å²) in [5.74, 6) is 0.0544. The van der Waals surface area contributed by atoms with Crippen LogP contribution < -0.4 is 11.1 Å². The lowest BCUT2D eigenvalue weighted by atomic mass is 10.1. The van der Waals surface area contributed by atoms with Crippen molar-refractivity contribution in [1.29, 1.82) is 0 Å². The number of alkyl halides is 3. The number of halogens is 3. The second kappa shape index (κ2) is 6.05. The van der Waals surface area contributed by atoms with Crippen molar-refractivity contribution >= 4 is 17.7 Å². The Morgan fingerprint density at radius 2 is 1.95 bits per heavy atom. The number of thioether (sulfide) groups is 1. The summed E-state index contributed by atoms with van der Waals surface area (Å²) in [6.45, 7) is 0.701. The number of primary amides is 1. The van der Waals surface area contributed by atoms with E-state index in [1.165, 1.54) is 24.3 Å². The monoisotopic (exact) mass is 304 g/mol. The number of hydrogen-bond donors (Lipinski definition) is 2. The fourth-order valence-corrected chi connectivity index (χ4v) is 2.39. The van der Waals surface area contributed by atoms with Crippen LogP contribution in [-0.4, -0.2) is 18.0 Å². The molecule has 1 saturated carbocycles. The lowest BCUT2D eigenvalue weighted by Gasteiger charge is -2.16. The van der Waals surface area contributed by atoms with Gasteiger partial charge in [-0.1, -0.05) is 12.1 Å². The SMILES string of the molecule is NC(=O)C(NCC1CC1)c1ccc(SC(F)(F)F)cc1. The van der Waals surface area contributed by atoms with Gasteiger partial charge in [0, 0.05) is 4.90 Å². The highest BCUT2D eigenvalue weighted by molar-refractivity contribution is 8.00. The van der Waals surface area contributed by atoms with Gasteiger partial charge in [0.05, 0.1) is 0 Å². The molecule has 1 amide bonds. The Hall–Kier alpha value is -1.21. The number of amides is 1.